The summed E-state index contributed by atoms with van der Waals surface area (Å²) in [5.41, 5.74) is -0.586. The number of rotatable bonds is 0. The molecule has 2 unspecified atom stereocenters. The maximum Gasteiger partial charge on any atom is 0.0817 e. The van der Waals surface area contributed by atoms with Gasteiger partial charge in [-0.3, -0.25) is 0 Å². The van der Waals surface area contributed by atoms with Crippen LogP contribution in [0.15, 0.2) is 12.2 Å². The van der Waals surface area contributed by atoms with Gasteiger partial charge in [0.15, 0.2) is 0 Å². The SMILES string of the molecule is C[C@@H]1[C@@H]2C=CC(O2)[C@H](C)C1(C)O. The quantitative estimate of drug-likeness (QED) is 0.553. The molecule has 0 aromatic heterocycles. The molecule has 68 valence electrons. The van der Waals surface area contributed by atoms with Crippen molar-refractivity contribution >= 4 is 0 Å². The van der Waals surface area contributed by atoms with E-state index in [1.807, 2.05) is 20.8 Å². The van der Waals surface area contributed by atoms with Crippen molar-refractivity contribution < 1.29 is 9.84 Å². The minimum Gasteiger partial charge on any atom is -0.389 e. The van der Waals surface area contributed by atoms with E-state index in [2.05, 4.69) is 12.2 Å². The van der Waals surface area contributed by atoms with Gasteiger partial charge in [0.1, 0.15) is 0 Å². The third kappa shape index (κ3) is 0.882. The molecule has 0 aromatic rings. The molecule has 2 nitrogen and oxygen atoms in total. The minimum absolute atomic E-state index is 0.126. The average Bonchev–Trinajstić information content (AvgIpc) is 2.45. The number of aliphatic hydroxyl groups is 1. The molecular weight excluding hydrogens is 152 g/mol. The molecule has 2 aliphatic rings. The second-order valence-corrected chi connectivity index (χ2v) is 4.25. The first-order valence-corrected chi connectivity index (χ1v) is 4.59. The fourth-order valence-electron chi connectivity index (χ4n) is 2.14. The summed E-state index contributed by atoms with van der Waals surface area (Å²) >= 11 is 0. The first-order valence-electron chi connectivity index (χ1n) is 4.59. The van der Waals surface area contributed by atoms with E-state index >= 15 is 0 Å². The van der Waals surface area contributed by atoms with Crippen LogP contribution in [-0.2, 0) is 4.74 Å². The van der Waals surface area contributed by atoms with Crippen molar-refractivity contribution in [3.8, 4) is 0 Å². The Morgan fingerprint density at radius 3 is 2.00 bits per heavy atom. The van der Waals surface area contributed by atoms with Crippen molar-refractivity contribution in [2.75, 3.05) is 0 Å². The van der Waals surface area contributed by atoms with Crippen LogP contribution in [0.2, 0.25) is 0 Å². The molecule has 0 spiro atoms. The molecule has 0 amide bonds. The monoisotopic (exact) mass is 168 g/mol. The van der Waals surface area contributed by atoms with E-state index in [0.29, 0.717) is 0 Å². The molecule has 0 saturated carbocycles. The van der Waals surface area contributed by atoms with Gasteiger partial charge < -0.3 is 9.84 Å². The van der Waals surface area contributed by atoms with E-state index in [1.165, 1.54) is 0 Å². The van der Waals surface area contributed by atoms with Gasteiger partial charge in [-0.15, -0.1) is 0 Å². The summed E-state index contributed by atoms with van der Waals surface area (Å²) < 4.78 is 5.69. The summed E-state index contributed by atoms with van der Waals surface area (Å²) in [5, 5.41) is 10.2. The maximum absolute atomic E-state index is 10.2. The highest BCUT2D eigenvalue weighted by molar-refractivity contribution is 5.14. The zero-order valence-corrected chi connectivity index (χ0v) is 7.82. The lowest BCUT2D eigenvalue weighted by Gasteiger charge is -2.44. The van der Waals surface area contributed by atoms with Crippen molar-refractivity contribution in [1.29, 1.82) is 0 Å². The second kappa shape index (κ2) is 2.33. The van der Waals surface area contributed by atoms with Gasteiger partial charge in [-0.2, -0.15) is 0 Å². The first-order chi connectivity index (χ1) is 5.53. The van der Waals surface area contributed by atoms with Gasteiger partial charge in [-0.25, -0.2) is 0 Å². The molecule has 2 rings (SSSR count). The molecule has 2 bridgehead atoms. The van der Waals surface area contributed by atoms with Crippen molar-refractivity contribution in [2.45, 2.75) is 38.6 Å². The Hall–Kier alpha value is -0.340. The van der Waals surface area contributed by atoms with Crippen LogP contribution in [0.3, 0.4) is 0 Å². The zero-order valence-electron chi connectivity index (χ0n) is 7.82. The van der Waals surface area contributed by atoms with Crippen LogP contribution in [-0.4, -0.2) is 22.9 Å². The van der Waals surface area contributed by atoms with E-state index in [1.54, 1.807) is 0 Å². The predicted octanol–water partition coefficient (Wildman–Crippen LogP) is 1.35. The van der Waals surface area contributed by atoms with E-state index in [-0.39, 0.29) is 24.0 Å². The summed E-state index contributed by atoms with van der Waals surface area (Å²) in [6, 6.07) is 0. The zero-order chi connectivity index (χ0) is 8.93. The fraction of sp³-hybridized carbons (Fsp3) is 0.800. The summed E-state index contributed by atoms with van der Waals surface area (Å²) in [5.74, 6) is 0.394. The third-order valence-electron chi connectivity index (χ3n) is 3.63. The molecule has 1 N–H and O–H groups in total. The molecule has 1 fully saturated rings. The van der Waals surface area contributed by atoms with Crippen LogP contribution in [0.25, 0.3) is 0 Å². The Bertz CT molecular complexity index is 200. The summed E-state index contributed by atoms with van der Waals surface area (Å²) in [4.78, 5) is 0. The summed E-state index contributed by atoms with van der Waals surface area (Å²) in [6.45, 7) is 6.01. The largest absolute Gasteiger partial charge is 0.389 e. The van der Waals surface area contributed by atoms with Crippen molar-refractivity contribution in [1.82, 2.24) is 0 Å². The summed E-state index contributed by atoms with van der Waals surface area (Å²) in [6.07, 6.45) is 4.41. The predicted molar refractivity (Wildman–Crippen MR) is 46.8 cm³/mol. The van der Waals surface area contributed by atoms with Crippen LogP contribution in [0, 0.1) is 11.8 Å². The molecule has 2 heterocycles. The van der Waals surface area contributed by atoms with Crippen LogP contribution in [0.4, 0.5) is 0 Å². The molecule has 2 heteroatoms. The number of hydrogen-bond donors (Lipinski definition) is 1. The lowest BCUT2D eigenvalue weighted by Crippen LogP contribution is -2.53. The van der Waals surface area contributed by atoms with Crippen LogP contribution >= 0.6 is 0 Å². The van der Waals surface area contributed by atoms with Crippen molar-refractivity contribution in [3.05, 3.63) is 12.2 Å². The van der Waals surface area contributed by atoms with Gasteiger partial charge in [-0.1, -0.05) is 26.0 Å². The van der Waals surface area contributed by atoms with E-state index in [0.717, 1.165) is 0 Å². The van der Waals surface area contributed by atoms with E-state index in [4.69, 9.17) is 4.74 Å². The standard InChI is InChI=1S/C10H16O2/c1-6-8-4-5-9(12-8)7(2)10(6,3)11/h4-9,11H,1-3H3/t6-,7+,8+,9?,10?/m1/s1. The smallest absolute Gasteiger partial charge is 0.0817 e. The Labute approximate surface area is 73.2 Å². The van der Waals surface area contributed by atoms with Gasteiger partial charge in [0.25, 0.3) is 0 Å². The highest BCUT2D eigenvalue weighted by Crippen LogP contribution is 2.42. The summed E-state index contributed by atoms with van der Waals surface area (Å²) in [7, 11) is 0. The molecule has 2 aliphatic heterocycles. The lowest BCUT2D eigenvalue weighted by atomic mass is 9.75. The number of ether oxygens (including phenoxy) is 1. The fourth-order valence-corrected chi connectivity index (χ4v) is 2.14. The first kappa shape index (κ1) is 8.27. The Morgan fingerprint density at radius 2 is 1.58 bits per heavy atom. The van der Waals surface area contributed by atoms with Gasteiger partial charge in [0.05, 0.1) is 17.8 Å². The molecule has 12 heavy (non-hydrogen) atoms. The van der Waals surface area contributed by atoms with E-state index < -0.39 is 5.60 Å². The number of hydrogen-bond acceptors (Lipinski definition) is 2. The molecule has 0 radical (unpaired) electrons. The Morgan fingerprint density at radius 1 is 1.17 bits per heavy atom. The van der Waals surface area contributed by atoms with Crippen LogP contribution in [0.5, 0.6) is 0 Å². The highest BCUT2D eigenvalue weighted by atomic mass is 16.5. The minimum atomic E-state index is -0.586. The highest BCUT2D eigenvalue weighted by Gasteiger charge is 2.49. The third-order valence-corrected chi connectivity index (χ3v) is 3.63. The van der Waals surface area contributed by atoms with Crippen molar-refractivity contribution in [3.63, 3.8) is 0 Å². The maximum atomic E-state index is 10.2. The van der Waals surface area contributed by atoms with Gasteiger partial charge in [-0.05, 0) is 6.92 Å². The Kier molecular flexibility index (Phi) is 1.61. The topological polar surface area (TPSA) is 29.5 Å². The molecule has 5 atom stereocenters. The molecule has 1 saturated heterocycles. The second-order valence-electron chi connectivity index (χ2n) is 4.25. The van der Waals surface area contributed by atoms with Crippen LogP contribution in [0.1, 0.15) is 20.8 Å². The Balaban J connectivity index is 2.31. The number of fused-ring (bicyclic) bond motifs is 2. The van der Waals surface area contributed by atoms with Crippen LogP contribution < -0.4 is 0 Å². The van der Waals surface area contributed by atoms with E-state index in [9.17, 15) is 5.11 Å². The van der Waals surface area contributed by atoms with Crippen molar-refractivity contribution in [2.24, 2.45) is 11.8 Å². The van der Waals surface area contributed by atoms with Gasteiger partial charge in [0.2, 0.25) is 0 Å². The van der Waals surface area contributed by atoms with Gasteiger partial charge >= 0.3 is 0 Å². The lowest BCUT2D eigenvalue weighted by molar-refractivity contribution is -0.171. The average molecular weight is 168 g/mol. The molecule has 0 aromatic carbocycles. The normalized spacial score (nSPS) is 57.7. The molecule has 0 aliphatic carbocycles. The molecular formula is C10H16O2. The van der Waals surface area contributed by atoms with Gasteiger partial charge in [0, 0.05) is 11.8 Å².